The Morgan fingerprint density at radius 3 is 2.35 bits per heavy atom. The van der Waals surface area contributed by atoms with Crippen molar-refractivity contribution in [3.63, 3.8) is 0 Å². The van der Waals surface area contributed by atoms with Gasteiger partial charge in [-0.05, 0) is 43.2 Å². The zero-order valence-electron chi connectivity index (χ0n) is 17.2. The number of benzene rings is 1. The van der Waals surface area contributed by atoms with Gasteiger partial charge in [-0.3, -0.25) is 10.1 Å². The maximum absolute atomic E-state index is 14.0. The molecule has 170 valence electrons. The van der Waals surface area contributed by atoms with Gasteiger partial charge in [-0.1, -0.05) is 6.07 Å². The number of nitrogens with one attached hydrogen (secondary N) is 2. The van der Waals surface area contributed by atoms with Crippen molar-refractivity contribution in [1.82, 2.24) is 10.6 Å². The fraction of sp³-hybridized carbons (Fsp3) is 0.400. The van der Waals surface area contributed by atoms with Crippen molar-refractivity contribution in [2.45, 2.75) is 25.2 Å². The summed E-state index contributed by atoms with van der Waals surface area (Å²) in [4.78, 5) is 24.6. The van der Waals surface area contributed by atoms with Gasteiger partial charge in [-0.25, -0.2) is 4.79 Å². The molecule has 1 aromatic heterocycles. The largest absolute Gasteiger partial charge is 0.493 e. The van der Waals surface area contributed by atoms with Crippen LogP contribution in [-0.2, 0) is 16.0 Å². The molecule has 8 nitrogen and oxygen atoms in total. The van der Waals surface area contributed by atoms with Crippen LogP contribution < -0.4 is 20.1 Å². The van der Waals surface area contributed by atoms with Gasteiger partial charge in [-0.2, -0.15) is 13.2 Å². The van der Waals surface area contributed by atoms with E-state index in [9.17, 15) is 22.8 Å². The Morgan fingerprint density at radius 2 is 1.81 bits per heavy atom. The fourth-order valence-electron chi connectivity index (χ4n) is 2.76. The van der Waals surface area contributed by atoms with Crippen molar-refractivity contribution in [1.29, 1.82) is 0 Å². The first-order valence-corrected chi connectivity index (χ1v) is 9.24. The first kappa shape index (κ1) is 24.1. The van der Waals surface area contributed by atoms with Crippen molar-refractivity contribution < 1.29 is 41.4 Å². The molecule has 1 aromatic carbocycles. The summed E-state index contributed by atoms with van der Waals surface area (Å²) in [5.74, 6) is -2.44. The first-order chi connectivity index (χ1) is 14.7. The summed E-state index contributed by atoms with van der Waals surface area (Å²) in [6.07, 6.45) is -4.01. The second-order valence-corrected chi connectivity index (χ2v) is 6.27. The number of furan rings is 1. The van der Waals surface area contributed by atoms with E-state index in [2.05, 4.69) is 10.1 Å². The number of amides is 1. The minimum absolute atomic E-state index is 0.0776. The first-order valence-electron chi connectivity index (χ1n) is 9.24. The average Bonchev–Trinajstić information content (AvgIpc) is 3.27. The van der Waals surface area contributed by atoms with E-state index in [0.717, 1.165) is 6.26 Å². The van der Waals surface area contributed by atoms with Crippen LogP contribution in [0.25, 0.3) is 0 Å². The highest BCUT2D eigenvalue weighted by Gasteiger charge is 2.63. The van der Waals surface area contributed by atoms with E-state index >= 15 is 0 Å². The van der Waals surface area contributed by atoms with Gasteiger partial charge in [0.1, 0.15) is 0 Å². The van der Waals surface area contributed by atoms with Crippen LogP contribution >= 0.6 is 0 Å². The zero-order chi connectivity index (χ0) is 23.1. The van der Waals surface area contributed by atoms with Gasteiger partial charge < -0.3 is 23.9 Å². The number of alkyl halides is 3. The number of methoxy groups -OCH3 is 2. The summed E-state index contributed by atoms with van der Waals surface area (Å²) in [7, 11) is 2.89. The molecule has 0 bridgehead atoms. The van der Waals surface area contributed by atoms with Gasteiger partial charge >= 0.3 is 12.1 Å². The number of carbonyl (C=O) groups excluding carboxylic acids is 2. The molecule has 0 saturated carbocycles. The van der Waals surface area contributed by atoms with Crippen LogP contribution in [0.4, 0.5) is 13.2 Å². The monoisotopic (exact) mass is 444 g/mol. The predicted molar refractivity (Wildman–Crippen MR) is 103 cm³/mol. The van der Waals surface area contributed by atoms with Gasteiger partial charge in [-0.15, -0.1) is 0 Å². The number of esters is 1. The second-order valence-electron chi connectivity index (χ2n) is 6.27. The Labute approximate surface area is 176 Å². The van der Waals surface area contributed by atoms with Crippen molar-refractivity contribution >= 4 is 11.9 Å². The molecule has 0 radical (unpaired) electrons. The molecule has 0 spiro atoms. The van der Waals surface area contributed by atoms with Crippen LogP contribution in [-0.4, -0.2) is 51.1 Å². The molecule has 2 rings (SSSR count). The third kappa shape index (κ3) is 5.48. The summed E-state index contributed by atoms with van der Waals surface area (Å²) in [5, 5.41) is 3.82. The van der Waals surface area contributed by atoms with Gasteiger partial charge in [0.2, 0.25) is 0 Å². The maximum atomic E-state index is 14.0. The fourth-order valence-corrected chi connectivity index (χ4v) is 2.76. The number of ether oxygens (including phenoxy) is 3. The third-order valence-electron chi connectivity index (χ3n) is 4.30. The molecule has 0 saturated heterocycles. The summed E-state index contributed by atoms with van der Waals surface area (Å²) < 4.78 is 61.9. The summed E-state index contributed by atoms with van der Waals surface area (Å²) >= 11 is 0. The molecule has 1 unspecified atom stereocenters. The van der Waals surface area contributed by atoms with Gasteiger partial charge in [0, 0.05) is 6.54 Å². The Hall–Kier alpha value is -3.21. The number of hydrogen-bond donors (Lipinski definition) is 2. The number of rotatable bonds is 10. The van der Waals surface area contributed by atoms with E-state index in [4.69, 9.17) is 13.9 Å². The molecule has 0 aliphatic rings. The molecule has 2 aromatic rings. The molecule has 0 aliphatic heterocycles. The molecule has 1 atom stereocenters. The Balaban J connectivity index is 2.27. The molecule has 1 amide bonds. The molecule has 0 aliphatic carbocycles. The lowest BCUT2D eigenvalue weighted by Gasteiger charge is -2.34. The Morgan fingerprint density at radius 1 is 1.10 bits per heavy atom. The predicted octanol–water partition coefficient (Wildman–Crippen LogP) is 2.68. The minimum atomic E-state index is -5.21. The lowest BCUT2D eigenvalue weighted by Crippen LogP contribution is -2.73. The van der Waals surface area contributed by atoms with Crippen molar-refractivity contribution in [2.24, 2.45) is 0 Å². The quantitative estimate of drug-likeness (QED) is 0.429. The molecule has 31 heavy (non-hydrogen) atoms. The number of hydrogen-bond acceptors (Lipinski definition) is 7. The molecular formula is C20H23F3N2O6. The van der Waals surface area contributed by atoms with E-state index in [0.29, 0.717) is 17.1 Å². The number of carbonyl (C=O) groups is 2. The van der Waals surface area contributed by atoms with Crippen LogP contribution in [0.3, 0.4) is 0 Å². The lowest BCUT2D eigenvalue weighted by molar-refractivity contribution is -0.218. The minimum Gasteiger partial charge on any atom is -0.493 e. The molecule has 2 N–H and O–H groups in total. The van der Waals surface area contributed by atoms with E-state index in [1.54, 1.807) is 23.5 Å². The number of halogens is 3. The van der Waals surface area contributed by atoms with Crippen LogP contribution in [0, 0.1) is 0 Å². The Kier molecular flexibility index (Phi) is 7.92. The van der Waals surface area contributed by atoms with E-state index in [-0.39, 0.29) is 25.3 Å². The van der Waals surface area contributed by atoms with Crippen LogP contribution in [0.1, 0.15) is 23.0 Å². The summed E-state index contributed by atoms with van der Waals surface area (Å²) in [6.45, 7) is 0.716. The highest BCUT2D eigenvalue weighted by atomic mass is 19.4. The molecule has 11 heteroatoms. The van der Waals surface area contributed by atoms with Gasteiger partial charge in [0.25, 0.3) is 11.6 Å². The highest BCUT2D eigenvalue weighted by molar-refractivity contribution is 5.96. The second kappa shape index (κ2) is 10.2. The molecule has 0 fully saturated rings. The SMILES string of the molecule is CCOC(=O)C(NCCc1ccc(OC)c(OC)c1)(NC(=O)c1ccco1)C(F)(F)F. The zero-order valence-corrected chi connectivity index (χ0v) is 17.2. The van der Waals surface area contributed by atoms with Crippen LogP contribution in [0.15, 0.2) is 41.0 Å². The van der Waals surface area contributed by atoms with E-state index in [1.807, 2.05) is 0 Å². The smallest absolute Gasteiger partial charge is 0.436 e. The van der Waals surface area contributed by atoms with Crippen molar-refractivity contribution in [3.8, 4) is 11.5 Å². The van der Waals surface area contributed by atoms with Gasteiger partial charge in [0.15, 0.2) is 17.3 Å². The van der Waals surface area contributed by atoms with Crippen molar-refractivity contribution in [3.05, 3.63) is 47.9 Å². The van der Waals surface area contributed by atoms with E-state index in [1.165, 1.54) is 33.3 Å². The van der Waals surface area contributed by atoms with Gasteiger partial charge in [0.05, 0.1) is 27.1 Å². The van der Waals surface area contributed by atoms with E-state index < -0.39 is 23.7 Å². The standard InChI is InChI=1S/C20H23F3N2O6/c1-4-30-18(27)19(20(21,22)23,25-17(26)15-6-5-11-31-15)24-10-9-13-7-8-14(28-2)16(12-13)29-3/h5-8,11-12,24H,4,9-10H2,1-3H3,(H,25,26). The highest BCUT2D eigenvalue weighted by Crippen LogP contribution is 2.31. The Bertz CT molecular complexity index is 886. The average molecular weight is 444 g/mol. The van der Waals surface area contributed by atoms with Crippen LogP contribution in [0.5, 0.6) is 11.5 Å². The third-order valence-corrected chi connectivity index (χ3v) is 4.30. The normalized spacial score (nSPS) is 13.2. The molecular weight excluding hydrogens is 421 g/mol. The summed E-state index contributed by atoms with van der Waals surface area (Å²) in [5.41, 5.74) is -2.86. The maximum Gasteiger partial charge on any atom is 0.436 e. The summed E-state index contributed by atoms with van der Waals surface area (Å²) in [6, 6.07) is 7.35. The topological polar surface area (TPSA) is 99.0 Å². The molecule has 1 heterocycles. The van der Waals surface area contributed by atoms with Crippen LogP contribution in [0.2, 0.25) is 0 Å². The van der Waals surface area contributed by atoms with Crippen molar-refractivity contribution in [2.75, 3.05) is 27.4 Å². The lowest BCUT2D eigenvalue weighted by atomic mass is 10.1.